The van der Waals surface area contributed by atoms with Crippen LogP contribution in [0.1, 0.15) is 16.8 Å². The van der Waals surface area contributed by atoms with E-state index in [9.17, 15) is 4.79 Å². The molecule has 2 N–H and O–H groups in total. The fourth-order valence-corrected chi connectivity index (χ4v) is 1.83. The van der Waals surface area contributed by atoms with Crippen LogP contribution in [0.2, 0.25) is 0 Å². The van der Waals surface area contributed by atoms with E-state index in [1.165, 1.54) is 0 Å². The number of nitrogen functional groups attached to an aromatic ring is 1. The quantitative estimate of drug-likeness (QED) is 0.599. The topological polar surface area (TPSA) is 55.6 Å². The minimum absolute atomic E-state index is 0.0232. The Labute approximate surface area is 95.0 Å². The number of likely N-dealkylation sites (tertiary alicyclic amines) is 1. The Morgan fingerprint density at radius 2 is 2.12 bits per heavy atom. The molecule has 2 rings (SSSR count). The number of hydrogen-bond acceptors (Lipinski definition) is 4. The van der Waals surface area contributed by atoms with Crippen molar-refractivity contribution in [3.05, 3.63) is 29.8 Å². The van der Waals surface area contributed by atoms with Gasteiger partial charge in [-0.3, -0.25) is 0 Å². The summed E-state index contributed by atoms with van der Waals surface area (Å²) in [6.45, 7) is 1.81. The van der Waals surface area contributed by atoms with Gasteiger partial charge in [0.15, 0.2) is 0 Å². The number of carbonyl (C=O) groups is 1. The third-order valence-electron chi connectivity index (χ3n) is 2.77. The number of benzene rings is 1. The lowest BCUT2D eigenvalue weighted by atomic mass is 10.2. The van der Waals surface area contributed by atoms with Gasteiger partial charge in [0.25, 0.3) is 0 Å². The summed E-state index contributed by atoms with van der Waals surface area (Å²) in [4.78, 5) is 13.9. The number of carbonyl (C=O) groups excluding carboxylic acids is 1. The monoisotopic (exact) mass is 220 g/mol. The number of nitrogens with zero attached hydrogens (tertiary/aromatic N) is 1. The number of nitrogens with two attached hydrogens (primary N) is 1. The molecular weight excluding hydrogens is 204 g/mol. The van der Waals surface area contributed by atoms with Crippen molar-refractivity contribution in [3.8, 4) is 0 Å². The summed E-state index contributed by atoms with van der Waals surface area (Å²) in [6, 6.07) is 6.79. The van der Waals surface area contributed by atoms with E-state index in [1.807, 2.05) is 7.05 Å². The Hall–Kier alpha value is -1.55. The van der Waals surface area contributed by atoms with Crippen LogP contribution in [0, 0.1) is 0 Å². The number of rotatable bonds is 2. The summed E-state index contributed by atoms with van der Waals surface area (Å²) in [5.41, 5.74) is 6.76. The third-order valence-corrected chi connectivity index (χ3v) is 2.77. The second kappa shape index (κ2) is 4.53. The Morgan fingerprint density at radius 1 is 1.44 bits per heavy atom. The van der Waals surface area contributed by atoms with Gasteiger partial charge in [0.1, 0.15) is 6.10 Å². The van der Waals surface area contributed by atoms with E-state index in [-0.39, 0.29) is 12.1 Å². The van der Waals surface area contributed by atoms with Crippen molar-refractivity contribution >= 4 is 11.7 Å². The van der Waals surface area contributed by atoms with Gasteiger partial charge in [0.2, 0.25) is 0 Å². The zero-order chi connectivity index (χ0) is 11.5. The minimum Gasteiger partial charge on any atom is -0.457 e. The van der Waals surface area contributed by atoms with Gasteiger partial charge in [-0.25, -0.2) is 4.79 Å². The molecule has 0 bridgehead atoms. The van der Waals surface area contributed by atoms with E-state index in [0.717, 1.165) is 19.5 Å². The van der Waals surface area contributed by atoms with E-state index in [1.54, 1.807) is 24.3 Å². The van der Waals surface area contributed by atoms with Crippen molar-refractivity contribution in [3.63, 3.8) is 0 Å². The van der Waals surface area contributed by atoms with E-state index in [4.69, 9.17) is 10.5 Å². The van der Waals surface area contributed by atoms with Crippen molar-refractivity contribution < 1.29 is 9.53 Å². The van der Waals surface area contributed by atoms with Crippen LogP contribution in [0.5, 0.6) is 0 Å². The average molecular weight is 220 g/mol. The highest BCUT2D eigenvalue weighted by Gasteiger charge is 2.23. The number of likely N-dealkylation sites (N-methyl/N-ethyl adjacent to an activating group) is 1. The van der Waals surface area contributed by atoms with Crippen LogP contribution in [0.4, 0.5) is 5.69 Å². The van der Waals surface area contributed by atoms with Crippen molar-refractivity contribution in [2.45, 2.75) is 12.5 Å². The molecule has 0 radical (unpaired) electrons. The summed E-state index contributed by atoms with van der Waals surface area (Å²) in [6.07, 6.45) is 0.937. The molecule has 0 saturated carbocycles. The Bertz CT molecular complexity index is 375. The summed E-state index contributed by atoms with van der Waals surface area (Å²) >= 11 is 0. The maximum Gasteiger partial charge on any atom is 0.338 e. The lowest BCUT2D eigenvalue weighted by Gasteiger charge is -2.12. The molecule has 1 fully saturated rings. The lowest BCUT2D eigenvalue weighted by molar-refractivity contribution is 0.0327. The molecule has 1 unspecified atom stereocenters. The SMILES string of the molecule is CN1CCC(OC(=O)c2ccc(N)cc2)C1. The number of anilines is 1. The molecule has 86 valence electrons. The van der Waals surface area contributed by atoms with Crippen LogP contribution >= 0.6 is 0 Å². The average Bonchev–Trinajstić information content (AvgIpc) is 2.65. The maximum atomic E-state index is 11.7. The predicted molar refractivity (Wildman–Crippen MR) is 62.2 cm³/mol. The first-order chi connectivity index (χ1) is 7.65. The Kier molecular flexibility index (Phi) is 3.10. The first kappa shape index (κ1) is 11.0. The van der Waals surface area contributed by atoms with Crippen LogP contribution < -0.4 is 5.73 Å². The first-order valence-electron chi connectivity index (χ1n) is 5.40. The van der Waals surface area contributed by atoms with Gasteiger partial charge in [-0.2, -0.15) is 0 Å². The Morgan fingerprint density at radius 3 is 2.69 bits per heavy atom. The fraction of sp³-hybridized carbons (Fsp3) is 0.417. The number of esters is 1. The zero-order valence-corrected chi connectivity index (χ0v) is 9.35. The summed E-state index contributed by atoms with van der Waals surface area (Å²) < 4.78 is 5.39. The lowest BCUT2D eigenvalue weighted by Crippen LogP contribution is -2.22. The molecule has 4 heteroatoms. The highest BCUT2D eigenvalue weighted by molar-refractivity contribution is 5.89. The fourth-order valence-electron chi connectivity index (χ4n) is 1.83. The molecule has 1 heterocycles. The summed E-state index contributed by atoms with van der Waals surface area (Å²) in [5.74, 6) is -0.264. The smallest absolute Gasteiger partial charge is 0.338 e. The van der Waals surface area contributed by atoms with E-state index >= 15 is 0 Å². The minimum atomic E-state index is -0.264. The predicted octanol–water partition coefficient (Wildman–Crippen LogP) is 1.13. The second-order valence-electron chi connectivity index (χ2n) is 4.20. The van der Waals surface area contributed by atoms with E-state index < -0.39 is 0 Å². The zero-order valence-electron chi connectivity index (χ0n) is 9.35. The van der Waals surface area contributed by atoms with Crippen molar-refractivity contribution in [2.75, 3.05) is 25.9 Å². The van der Waals surface area contributed by atoms with Gasteiger partial charge in [-0.1, -0.05) is 0 Å². The highest BCUT2D eigenvalue weighted by atomic mass is 16.5. The van der Waals surface area contributed by atoms with Gasteiger partial charge in [-0.15, -0.1) is 0 Å². The normalized spacial score (nSPS) is 20.9. The van der Waals surface area contributed by atoms with E-state index in [2.05, 4.69) is 4.90 Å². The molecule has 1 aromatic rings. The van der Waals surface area contributed by atoms with Crippen molar-refractivity contribution in [1.82, 2.24) is 4.90 Å². The molecule has 0 amide bonds. The summed E-state index contributed by atoms with van der Waals surface area (Å²) in [5, 5.41) is 0. The molecule has 1 atom stereocenters. The third kappa shape index (κ3) is 2.52. The standard InChI is InChI=1S/C12H16N2O2/c1-14-7-6-11(8-14)16-12(15)9-2-4-10(13)5-3-9/h2-5,11H,6-8,13H2,1H3. The van der Waals surface area contributed by atoms with Gasteiger partial charge < -0.3 is 15.4 Å². The molecule has 16 heavy (non-hydrogen) atoms. The molecular formula is C12H16N2O2. The molecule has 0 aromatic heterocycles. The molecule has 1 aliphatic heterocycles. The molecule has 1 aliphatic rings. The molecule has 4 nitrogen and oxygen atoms in total. The van der Waals surface area contributed by atoms with Crippen LogP contribution in [-0.2, 0) is 4.74 Å². The number of hydrogen-bond donors (Lipinski definition) is 1. The number of ether oxygens (including phenoxy) is 1. The van der Waals surface area contributed by atoms with Crippen molar-refractivity contribution in [2.24, 2.45) is 0 Å². The molecule has 1 aromatic carbocycles. The largest absolute Gasteiger partial charge is 0.457 e. The van der Waals surface area contributed by atoms with Crippen LogP contribution in [0.15, 0.2) is 24.3 Å². The van der Waals surface area contributed by atoms with Crippen LogP contribution in [-0.4, -0.2) is 37.1 Å². The molecule has 1 saturated heterocycles. The Balaban J connectivity index is 1.95. The van der Waals surface area contributed by atoms with Crippen LogP contribution in [0.25, 0.3) is 0 Å². The molecule has 0 spiro atoms. The van der Waals surface area contributed by atoms with Gasteiger partial charge in [-0.05, 0) is 37.7 Å². The van der Waals surface area contributed by atoms with Gasteiger partial charge in [0.05, 0.1) is 5.56 Å². The first-order valence-corrected chi connectivity index (χ1v) is 5.40. The van der Waals surface area contributed by atoms with Gasteiger partial charge >= 0.3 is 5.97 Å². The second-order valence-corrected chi connectivity index (χ2v) is 4.20. The van der Waals surface area contributed by atoms with Crippen molar-refractivity contribution in [1.29, 1.82) is 0 Å². The maximum absolute atomic E-state index is 11.7. The van der Waals surface area contributed by atoms with Gasteiger partial charge in [0, 0.05) is 18.8 Å². The summed E-state index contributed by atoms with van der Waals surface area (Å²) in [7, 11) is 2.02. The molecule has 0 aliphatic carbocycles. The van der Waals surface area contributed by atoms with E-state index in [0.29, 0.717) is 11.3 Å². The highest BCUT2D eigenvalue weighted by Crippen LogP contribution is 2.14. The van der Waals surface area contributed by atoms with Crippen LogP contribution in [0.3, 0.4) is 0 Å².